The molecule has 1 aliphatic rings. The van der Waals surface area contributed by atoms with Crippen LogP contribution in [-0.2, 0) is 14.4 Å². The Bertz CT molecular complexity index is 296. The molecule has 1 rings (SSSR count). The molecule has 0 aliphatic carbocycles. The molecule has 0 saturated carbocycles. The maximum atomic E-state index is 11.3. The van der Waals surface area contributed by atoms with E-state index < -0.39 is 17.4 Å². The molecule has 1 fully saturated rings. The highest BCUT2D eigenvalue weighted by Crippen LogP contribution is 2.09. The number of rotatable bonds is 2. The fourth-order valence-corrected chi connectivity index (χ4v) is 1.15. The van der Waals surface area contributed by atoms with Gasteiger partial charge in [0.15, 0.2) is 11.5 Å². The van der Waals surface area contributed by atoms with Gasteiger partial charge < -0.3 is 0 Å². The first-order valence-electron chi connectivity index (χ1n) is 3.98. The molecule has 2 amide bonds. The molecule has 1 aliphatic heterocycles. The van der Waals surface area contributed by atoms with Gasteiger partial charge in [0, 0.05) is 19.9 Å². The second-order valence-electron chi connectivity index (χ2n) is 2.89. The van der Waals surface area contributed by atoms with Gasteiger partial charge in [0.25, 0.3) is 5.91 Å². The van der Waals surface area contributed by atoms with E-state index in [2.05, 4.69) is 0 Å². The van der Waals surface area contributed by atoms with Gasteiger partial charge in [-0.1, -0.05) is 0 Å². The predicted octanol–water partition coefficient (Wildman–Crippen LogP) is -0.256. The van der Waals surface area contributed by atoms with Crippen LogP contribution in [-0.4, -0.2) is 34.8 Å². The van der Waals surface area contributed by atoms with Crippen LogP contribution >= 0.6 is 0 Å². The van der Waals surface area contributed by atoms with Crippen LogP contribution < -0.4 is 0 Å². The third kappa shape index (κ3) is 1.80. The first-order valence-corrected chi connectivity index (χ1v) is 3.98. The van der Waals surface area contributed by atoms with E-state index >= 15 is 0 Å². The highest BCUT2D eigenvalue weighted by atomic mass is 16.2. The summed E-state index contributed by atoms with van der Waals surface area (Å²) in [5, 5.41) is 7.11. The number of carbonyl (C=O) groups is 3. The van der Waals surface area contributed by atoms with Gasteiger partial charge in [-0.2, -0.15) is 0 Å². The van der Waals surface area contributed by atoms with Crippen molar-refractivity contribution in [3.8, 4) is 0 Å². The van der Waals surface area contributed by atoms with Crippen molar-refractivity contribution < 1.29 is 14.4 Å². The average molecular weight is 182 g/mol. The van der Waals surface area contributed by atoms with Gasteiger partial charge in [0.2, 0.25) is 5.91 Å². The standard InChI is InChI=1S/C8H10N2O3/c1-5(11)7(9)8(13)10-4-2-3-6(10)12/h9H,2-4H2,1H3. The van der Waals surface area contributed by atoms with Crippen molar-refractivity contribution in [2.24, 2.45) is 0 Å². The summed E-state index contributed by atoms with van der Waals surface area (Å²) in [7, 11) is 0. The molecule has 13 heavy (non-hydrogen) atoms. The van der Waals surface area contributed by atoms with Crippen molar-refractivity contribution in [3.05, 3.63) is 0 Å². The second-order valence-corrected chi connectivity index (χ2v) is 2.89. The summed E-state index contributed by atoms with van der Waals surface area (Å²) >= 11 is 0. The number of carbonyl (C=O) groups excluding carboxylic acids is 3. The minimum absolute atomic E-state index is 0.295. The molecule has 1 heterocycles. The Hall–Kier alpha value is -1.52. The number of ketones is 1. The van der Waals surface area contributed by atoms with Gasteiger partial charge in [-0.3, -0.25) is 24.7 Å². The van der Waals surface area contributed by atoms with Crippen LogP contribution in [0.3, 0.4) is 0 Å². The molecule has 1 saturated heterocycles. The highest BCUT2D eigenvalue weighted by molar-refractivity contribution is 6.64. The van der Waals surface area contributed by atoms with Crippen LogP contribution in [0.4, 0.5) is 0 Å². The Balaban J connectivity index is 2.73. The van der Waals surface area contributed by atoms with Crippen molar-refractivity contribution >= 4 is 23.3 Å². The summed E-state index contributed by atoms with van der Waals surface area (Å²) < 4.78 is 0. The lowest BCUT2D eigenvalue weighted by Gasteiger charge is -2.11. The van der Waals surface area contributed by atoms with Crippen molar-refractivity contribution in [3.63, 3.8) is 0 Å². The van der Waals surface area contributed by atoms with Crippen LogP contribution in [0, 0.1) is 5.41 Å². The molecule has 0 aromatic rings. The lowest BCUT2D eigenvalue weighted by Crippen LogP contribution is -2.39. The summed E-state index contributed by atoms with van der Waals surface area (Å²) in [6.45, 7) is 1.47. The molecule has 0 aromatic heterocycles. The van der Waals surface area contributed by atoms with Gasteiger partial charge in [0.1, 0.15) is 0 Å². The number of hydrogen-bond donors (Lipinski definition) is 1. The number of Topliss-reactive ketones (excluding diaryl/α,β-unsaturated/α-hetero) is 1. The van der Waals surface area contributed by atoms with Gasteiger partial charge >= 0.3 is 0 Å². The molecule has 0 spiro atoms. The van der Waals surface area contributed by atoms with Crippen LogP contribution in [0.1, 0.15) is 19.8 Å². The first-order chi connectivity index (χ1) is 6.04. The van der Waals surface area contributed by atoms with E-state index in [-0.39, 0.29) is 5.91 Å². The van der Waals surface area contributed by atoms with E-state index in [1.54, 1.807) is 0 Å². The minimum Gasteiger partial charge on any atom is -0.293 e. The van der Waals surface area contributed by atoms with Crippen molar-refractivity contribution in [2.45, 2.75) is 19.8 Å². The lowest BCUT2D eigenvalue weighted by atomic mass is 10.2. The Morgan fingerprint density at radius 1 is 1.46 bits per heavy atom. The summed E-state index contributed by atoms with van der Waals surface area (Å²) in [5.74, 6) is -1.67. The normalized spacial score (nSPS) is 16.1. The largest absolute Gasteiger partial charge is 0.293 e. The Labute approximate surface area is 75.2 Å². The molecule has 0 radical (unpaired) electrons. The van der Waals surface area contributed by atoms with E-state index in [0.717, 1.165) is 11.8 Å². The zero-order chi connectivity index (χ0) is 10.0. The summed E-state index contributed by atoms with van der Waals surface area (Å²) in [5.41, 5.74) is -0.616. The summed E-state index contributed by atoms with van der Waals surface area (Å²) in [6, 6.07) is 0. The SMILES string of the molecule is CC(=O)C(=N)C(=O)N1CCCC1=O. The van der Waals surface area contributed by atoms with Gasteiger partial charge in [-0.15, -0.1) is 0 Å². The van der Waals surface area contributed by atoms with Crippen molar-refractivity contribution in [1.82, 2.24) is 4.90 Å². The topological polar surface area (TPSA) is 78.3 Å². The third-order valence-electron chi connectivity index (χ3n) is 1.88. The van der Waals surface area contributed by atoms with Crippen LogP contribution in [0.15, 0.2) is 0 Å². The van der Waals surface area contributed by atoms with Gasteiger partial charge in [0.05, 0.1) is 0 Å². The molecule has 0 aromatic carbocycles. The quantitative estimate of drug-likeness (QED) is 0.472. The van der Waals surface area contributed by atoms with Gasteiger partial charge in [-0.25, -0.2) is 0 Å². The maximum absolute atomic E-state index is 11.3. The Morgan fingerprint density at radius 2 is 2.08 bits per heavy atom. The smallest absolute Gasteiger partial charge is 0.282 e. The molecule has 5 heteroatoms. The fraction of sp³-hybridized carbons (Fsp3) is 0.500. The molecular weight excluding hydrogens is 172 g/mol. The maximum Gasteiger partial charge on any atom is 0.282 e. The monoisotopic (exact) mass is 182 g/mol. The van der Waals surface area contributed by atoms with Crippen LogP contribution in [0.25, 0.3) is 0 Å². The van der Waals surface area contributed by atoms with E-state index in [0.29, 0.717) is 19.4 Å². The number of imide groups is 1. The molecular formula is C8H10N2O3. The van der Waals surface area contributed by atoms with E-state index in [1.807, 2.05) is 0 Å². The summed E-state index contributed by atoms with van der Waals surface area (Å²) in [4.78, 5) is 33.9. The fourth-order valence-electron chi connectivity index (χ4n) is 1.15. The predicted molar refractivity (Wildman–Crippen MR) is 44.4 cm³/mol. The molecule has 0 unspecified atom stereocenters. The average Bonchev–Trinajstić information content (AvgIpc) is 2.48. The van der Waals surface area contributed by atoms with Crippen LogP contribution in [0.5, 0.6) is 0 Å². The minimum atomic E-state index is -0.769. The van der Waals surface area contributed by atoms with Gasteiger partial charge in [-0.05, 0) is 6.42 Å². The number of likely N-dealkylation sites (tertiary alicyclic amines) is 1. The summed E-state index contributed by atoms with van der Waals surface area (Å²) in [6.07, 6.45) is 0.951. The second kappa shape index (κ2) is 3.47. The number of nitrogens with zero attached hydrogens (tertiary/aromatic N) is 1. The van der Waals surface area contributed by atoms with Crippen molar-refractivity contribution in [1.29, 1.82) is 5.41 Å². The lowest BCUT2D eigenvalue weighted by molar-refractivity contribution is -0.137. The van der Waals surface area contributed by atoms with Crippen LogP contribution in [0.2, 0.25) is 0 Å². The van der Waals surface area contributed by atoms with E-state index in [4.69, 9.17) is 5.41 Å². The molecule has 5 nitrogen and oxygen atoms in total. The number of amides is 2. The molecule has 0 atom stereocenters. The number of nitrogens with one attached hydrogen (secondary N) is 1. The Morgan fingerprint density at radius 3 is 2.46 bits per heavy atom. The first kappa shape index (κ1) is 9.57. The third-order valence-corrected chi connectivity index (χ3v) is 1.88. The number of hydrogen-bond acceptors (Lipinski definition) is 4. The zero-order valence-corrected chi connectivity index (χ0v) is 7.29. The van der Waals surface area contributed by atoms with Crippen molar-refractivity contribution in [2.75, 3.05) is 6.54 Å². The van der Waals surface area contributed by atoms with E-state index in [1.165, 1.54) is 0 Å². The van der Waals surface area contributed by atoms with E-state index in [9.17, 15) is 14.4 Å². The molecule has 70 valence electrons. The molecule has 0 bridgehead atoms. The Kier molecular flexibility index (Phi) is 2.55. The molecule has 1 N–H and O–H groups in total. The zero-order valence-electron chi connectivity index (χ0n) is 7.29. The highest BCUT2D eigenvalue weighted by Gasteiger charge is 2.30.